The van der Waals surface area contributed by atoms with E-state index < -0.39 is 12.1 Å². The fraction of sp³-hybridized carbons (Fsp3) is 0.278. The molecule has 0 radical (unpaired) electrons. The van der Waals surface area contributed by atoms with Crippen molar-refractivity contribution in [2.45, 2.75) is 12.7 Å². The highest BCUT2D eigenvalue weighted by Crippen LogP contribution is 2.29. The van der Waals surface area contributed by atoms with Crippen LogP contribution in [0.5, 0.6) is 0 Å². The predicted molar refractivity (Wildman–Crippen MR) is 90.1 cm³/mol. The SMILES string of the molecule is COCCN(Cc1ccc(-c2noc(C(F)(F)F)n2)cc1)C(=O)c1ccoc1. The van der Waals surface area contributed by atoms with Crippen LogP contribution in [0, 0.1) is 0 Å². The first-order chi connectivity index (χ1) is 13.4. The third-order valence-corrected chi connectivity index (χ3v) is 3.87. The minimum Gasteiger partial charge on any atom is -0.472 e. The van der Waals surface area contributed by atoms with Gasteiger partial charge in [0.05, 0.1) is 18.4 Å². The number of rotatable bonds is 7. The number of hydrogen-bond acceptors (Lipinski definition) is 6. The molecule has 7 nitrogen and oxygen atoms in total. The Bertz CT molecular complexity index is 905. The van der Waals surface area contributed by atoms with E-state index in [1.54, 1.807) is 35.2 Å². The number of carbonyl (C=O) groups excluding carboxylic acids is 1. The van der Waals surface area contributed by atoms with Crippen molar-refractivity contribution in [1.29, 1.82) is 0 Å². The fourth-order valence-corrected chi connectivity index (χ4v) is 2.46. The lowest BCUT2D eigenvalue weighted by Gasteiger charge is -2.22. The summed E-state index contributed by atoms with van der Waals surface area (Å²) in [6.07, 6.45) is -1.92. The number of halogens is 3. The molecule has 0 saturated carbocycles. The van der Waals surface area contributed by atoms with Crippen LogP contribution in [0.25, 0.3) is 11.4 Å². The minimum absolute atomic E-state index is 0.162. The van der Waals surface area contributed by atoms with Gasteiger partial charge in [0.1, 0.15) is 6.26 Å². The summed E-state index contributed by atoms with van der Waals surface area (Å²) in [7, 11) is 1.54. The summed E-state index contributed by atoms with van der Waals surface area (Å²) in [4.78, 5) is 17.5. The highest BCUT2D eigenvalue weighted by molar-refractivity contribution is 5.93. The summed E-state index contributed by atoms with van der Waals surface area (Å²) >= 11 is 0. The normalized spacial score (nSPS) is 11.6. The molecule has 0 unspecified atom stereocenters. The quantitative estimate of drug-likeness (QED) is 0.608. The van der Waals surface area contributed by atoms with Crippen molar-refractivity contribution < 1.29 is 31.6 Å². The first-order valence-electron chi connectivity index (χ1n) is 8.19. The van der Waals surface area contributed by atoms with Gasteiger partial charge in [-0.05, 0) is 11.6 Å². The molecule has 0 aliphatic rings. The van der Waals surface area contributed by atoms with Crippen LogP contribution >= 0.6 is 0 Å². The van der Waals surface area contributed by atoms with Gasteiger partial charge in [-0.1, -0.05) is 29.4 Å². The zero-order chi connectivity index (χ0) is 20.1. The van der Waals surface area contributed by atoms with Crippen molar-refractivity contribution in [1.82, 2.24) is 15.0 Å². The maximum Gasteiger partial charge on any atom is 0.471 e. The molecule has 0 aliphatic carbocycles. The van der Waals surface area contributed by atoms with Gasteiger partial charge in [0.15, 0.2) is 0 Å². The lowest BCUT2D eigenvalue weighted by Crippen LogP contribution is -2.33. The summed E-state index contributed by atoms with van der Waals surface area (Å²) < 4.78 is 51.9. The Labute approximate surface area is 157 Å². The Hall–Kier alpha value is -3.14. The Balaban J connectivity index is 1.74. The Kier molecular flexibility index (Phi) is 5.78. The van der Waals surface area contributed by atoms with Gasteiger partial charge in [-0.15, -0.1) is 0 Å². The molecule has 3 aromatic rings. The standard InChI is InChI=1S/C18H16F3N3O4/c1-26-9-7-24(16(25)14-6-8-27-11-14)10-12-2-4-13(5-3-12)15-22-17(28-23-15)18(19,20)21/h2-6,8,11H,7,9-10H2,1H3. The molecule has 0 saturated heterocycles. The second-order valence-corrected chi connectivity index (χ2v) is 5.85. The van der Waals surface area contributed by atoms with Gasteiger partial charge in [-0.2, -0.15) is 18.2 Å². The van der Waals surface area contributed by atoms with Crippen molar-refractivity contribution in [2.24, 2.45) is 0 Å². The van der Waals surface area contributed by atoms with Crippen LogP contribution < -0.4 is 0 Å². The Morgan fingerprint density at radius 1 is 1.21 bits per heavy atom. The topological polar surface area (TPSA) is 81.6 Å². The van der Waals surface area contributed by atoms with Crippen LogP contribution in [0.3, 0.4) is 0 Å². The summed E-state index contributed by atoms with van der Waals surface area (Å²) in [5.41, 5.74) is 1.56. The van der Waals surface area contributed by atoms with Gasteiger partial charge < -0.3 is 18.6 Å². The van der Waals surface area contributed by atoms with E-state index in [2.05, 4.69) is 14.7 Å². The number of aromatic nitrogens is 2. The van der Waals surface area contributed by atoms with Gasteiger partial charge >= 0.3 is 12.1 Å². The Morgan fingerprint density at radius 2 is 1.96 bits per heavy atom. The average molecular weight is 395 g/mol. The van der Waals surface area contributed by atoms with E-state index in [9.17, 15) is 18.0 Å². The van der Waals surface area contributed by atoms with Crippen molar-refractivity contribution in [2.75, 3.05) is 20.3 Å². The number of furan rings is 1. The van der Waals surface area contributed by atoms with Crippen LogP contribution in [-0.4, -0.2) is 41.2 Å². The number of carbonyl (C=O) groups is 1. The number of ether oxygens (including phenoxy) is 1. The molecule has 148 valence electrons. The van der Waals surface area contributed by atoms with Crippen LogP contribution in [0.15, 0.2) is 51.8 Å². The van der Waals surface area contributed by atoms with Gasteiger partial charge in [0.2, 0.25) is 5.82 Å². The van der Waals surface area contributed by atoms with Crippen LogP contribution in [0.2, 0.25) is 0 Å². The van der Waals surface area contributed by atoms with Gasteiger partial charge in [-0.25, -0.2) is 0 Å². The van der Waals surface area contributed by atoms with Crippen molar-refractivity contribution in [3.05, 3.63) is 59.9 Å². The fourth-order valence-electron chi connectivity index (χ4n) is 2.46. The molecule has 2 heterocycles. The second-order valence-electron chi connectivity index (χ2n) is 5.85. The van der Waals surface area contributed by atoms with Crippen LogP contribution in [-0.2, 0) is 17.5 Å². The molecule has 0 N–H and O–H groups in total. The van der Waals surface area contributed by atoms with E-state index in [1.165, 1.54) is 19.6 Å². The molecular weight excluding hydrogens is 379 g/mol. The molecule has 0 atom stereocenters. The van der Waals surface area contributed by atoms with Gasteiger partial charge in [0.25, 0.3) is 5.91 Å². The minimum atomic E-state index is -4.69. The molecule has 0 fully saturated rings. The molecule has 1 aromatic carbocycles. The zero-order valence-electron chi connectivity index (χ0n) is 14.8. The number of alkyl halides is 3. The predicted octanol–water partition coefficient (Wildman–Crippen LogP) is 3.64. The van der Waals surface area contributed by atoms with Crippen molar-refractivity contribution in [3.8, 4) is 11.4 Å². The first kappa shape index (κ1) is 19.6. The van der Waals surface area contributed by atoms with E-state index in [4.69, 9.17) is 9.15 Å². The van der Waals surface area contributed by atoms with E-state index in [0.29, 0.717) is 24.3 Å². The Morgan fingerprint density at radius 3 is 2.54 bits per heavy atom. The molecule has 3 rings (SSSR count). The number of hydrogen-bond donors (Lipinski definition) is 0. The monoisotopic (exact) mass is 395 g/mol. The lowest BCUT2D eigenvalue weighted by molar-refractivity contribution is -0.159. The molecule has 10 heteroatoms. The lowest BCUT2D eigenvalue weighted by atomic mass is 10.1. The van der Waals surface area contributed by atoms with Gasteiger partial charge in [-0.3, -0.25) is 4.79 Å². The van der Waals surface area contributed by atoms with E-state index in [1.807, 2.05) is 0 Å². The van der Waals surface area contributed by atoms with Crippen LogP contribution in [0.4, 0.5) is 13.2 Å². The van der Waals surface area contributed by atoms with Gasteiger partial charge in [0, 0.05) is 25.8 Å². The molecular formula is C18H16F3N3O4. The van der Waals surface area contributed by atoms with E-state index in [-0.39, 0.29) is 18.3 Å². The molecule has 1 amide bonds. The average Bonchev–Trinajstić information content (AvgIpc) is 3.36. The largest absolute Gasteiger partial charge is 0.472 e. The summed E-state index contributed by atoms with van der Waals surface area (Å²) in [5.74, 6) is -1.78. The number of benzene rings is 1. The second kappa shape index (κ2) is 8.26. The third-order valence-electron chi connectivity index (χ3n) is 3.87. The summed E-state index contributed by atoms with van der Waals surface area (Å²) in [6.45, 7) is 1.00. The number of methoxy groups -OCH3 is 1. The smallest absolute Gasteiger partial charge is 0.471 e. The number of amides is 1. The van der Waals surface area contributed by atoms with E-state index in [0.717, 1.165) is 5.56 Å². The zero-order valence-corrected chi connectivity index (χ0v) is 14.8. The first-order valence-corrected chi connectivity index (χ1v) is 8.19. The molecule has 0 bridgehead atoms. The molecule has 2 aromatic heterocycles. The summed E-state index contributed by atoms with van der Waals surface area (Å²) in [5, 5.41) is 3.35. The molecule has 0 aliphatic heterocycles. The summed E-state index contributed by atoms with van der Waals surface area (Å²) in [6, 6.07) is 8.07. The third kappa shape index (κ3) is 4.58. The molecule has 0 spiro atoms. The maximum absolute atomic E-state index is 12.6. The number of nitrogens with zero attached hydrogens (tertiary/aromatic N) is 3. The van der Waals surface area contributed by atoms with E-state index >= 15 is 0 Å². The molecule has 28 heavy (non-hydrogen) atoms. The maximum atomic E-state index is 12.6. The highest BCUT2D eigenvalue weighted by atomic mass is 19.4. The van der Waals surface area contributed by atoms with Crippen molar-refractivity contribution in [3.63, 3.8) is 0 Å². The van der Waals surface area contributed by atoms with Crippen LogP contribution in [0.1, 0.15) is 21.8 Å². The van der Waals surface area contributed by atoms with Crippen molar-refractivity contribution >= 4 is 5.91 Å². The highest BCUT2D eigenvalue weighted by Gasteiger charge is 2.38.